The van der Waals surface area contributed by atoms with E-state index in [-0.39, 0.29) is 18.2 Å². The maximum atomic E-state index is 14.2. The number of ether oxygens (including phenoxy) is 2. The molecule has 4 N–H and O–H groups in total. The van der Waals surface area contributed by atoms with E-state index in [1.54, 1.807) is 56.3 Å². The molecule has 0 bridgehead atoms. The van der Waals surface area contributed by atoms with Crippen molar-refractivity contribution in [3.8, 4) is 11.8 Å². The van der Waals surface area contributed by atoms with Crippen molar-refractivity contribution in [3.63, 3.8) is 0 Å². The van der Waals surface area contributed by atoms with Crippen LogP contribution in [0.25, 0.3) is 5.52 Å². The number of benzene rings is 1. The molecule has 2 aromatic heterocycles. The monoisotopic (exact) mass is 602 g/mol. The number of rotatable bonds is 12. The zero-order valence-corrected chi connectivity index (χ0v) is 24.4. The Labute approximate surface area is 240 Å². The van der Waals surface area contributed by atoms with E-state index in [4.69, 9.17) is 24.3 Å². The molecule has 2 aliphatic rings. The van der Waals surface area contributed by atoms with Gasteiger partial charge in [-0.2, -0.15) is 27.2 Å². The van der Waals surface area contributed by atoms with Gasteiger partial charge in [-0.1, -0.05) is 25.1 Å². The smallest absolute Gasteiger partial charge is 0.459 e. The summed E-state index contributed by atoms with van der Waals surface area (Å²) in [5.74, 6) is -0.441. The fourth-order valence-corrected chi connectivity index (χ4v) is 7.42. The third kappa shape index (κ3) is 5.07. The van der Waals surface area contributed by atoms with Crippen LogP contribution in [0.5, 0.6) is 5.75 Å². The van der Waals surface area contributed by atoms with Crippen LogP contribution in [0.4, 0.5) is 5.82 Å². The number of anilines is 1. The number of aliphatic hydroxyl groups is 1. The number of nitrogens with one attached hydrogen (secondary N) is 1. The number of fused-ring (bicyclic) bond motifs is 2. The van der Waals surface area contributed by atoms with Crippen molar-refractivity contribution >= 4 is 36.8 Å². The molecule has 0 amide bonds. The lowest BCUT2D eigenvalue weighted by atomic mass is 9.83. The first kappa shape index (κ1) is 29.3. The van der Waals surface area contributed by atoms with Crippen molar-refractivity contribution in [2.75, 3.05) is 24.3 Å². The molecule has 0 radical (unpaired) electrons. The Balaban J connectivity index is 1.43. The summed E-state index contributed by atoms with van der Waals surface area (Å²) in [5.41, 5.74) is 3.49. The fourth-order valence-electron chi connectivity index (χ4n) is 5.20. The molecule has 1 aliphatic heterocycles. The highest BCUT2D eigenvalue weighted by molar-refractivity contribution is 7.98. The van der Waals surface area contributed by atoms with Crippen LogP contribution in [0.15, 0.2) is 48.8 Å². The minimum atomic E-state index is -4.31. The quantitative estimate of drug-likeness (QED) is 0.203. The van der Waals surface area contributed by atoms with Gasteiger partial charge in [0.2, 0.25) is 5.60 Å². The van der Waals surface area contributed by atoms with Gasteiger partial charge in [0.1, 0.15) is 47.5 Å². The van der Waals surface area contributed by atoms with E-state index in [9.17, 15) is 19.7 Å². The number of carbonyl (C=O) groups excluding carboxylic acids is 1. The Hall–Kier alpha value is -3.18. The molecule has 3 heterocycles. The van der Waals surface area contributed by atoms with Crippen LogP contribution in [0.3, 0.4) is 0 Å². The number of aromatic nitrogens is 3. The number of nitrogen functional groups attached to an aromatic ring is 1. The van der Waals surface area contributed by atoms with Crippen molar-refractivity contribution in [3.05, 3.63) is 54.5 Å². The first-order valence-corrected chi connectivity index (χ1v) is 15.9. The number of esters is 1. The van der Waals surface area contributed by atoms with Gasteiger partial charge in [-0.3, -0.25) is 9.32 Å². The first-order valence-electron chi connectivity index (χ1n) is 13.0. The summed E-state index contributed by atoms with van der Waals surface area (Å²) in [6.45, 7) is 3.46. The molecule has 1 saturated heterocycles. The molecule has 2 unspecified atom stereocenters. The average molecular weight is 603 g/mol. The predicted octanol–water partition coefficient (Wildman–Crippen LogP) is 2.66. The molecule has 2 fully saturated rings. The lowest BCUT2D eigenvalue weighted by molar-refractivity contribution is -0.145. The molecular formula is C26H31N6O7PS. The standard InChI is InChI=1S/C26H31N6O7PS/c1-4-36-24(33)18(12-13-41-3)31-40(35,38-17-8-6-5-7-9-17)39-22-21-26(22,34)16(2)25(14-27,37-21)20-11-10-19-23(28)29-15-30-32(19)20/h5-11,15-16,18,21-22,34H,4,12-13H2,1-3H3,(H,31,35)(H2,28,29,30)/t16-,18+,21-,22?,25-,26+,40?/m1/s1. The molecule has 1 aromatic carbocycles. The van der Waals surface area contributed by atoms with E-state index >= 15 is 0 Å². The molecule has 41 heavy (non-hydrogen) atoms. The molecule has 3 aromatic rings. The van der Waals surface area contributed by atoms with Gasteiger partial charge in [-0.05, 0) is 49.6 Å². The van der Waals surface area contributed by atoms with E-state index < -0.39 is 49.1 Å². The van der Waals surface area contributed by atoms with Crippen molar-refractivity contribution in [2.45, 2.75) is 49.7 Å². The van der Waals surface area contributed by atoms with Gasteiger partial charge < -0.3 is 24.8 Å². The summed E-state index contributed by atoms with van der Waals surface area (Å²) in [6.07, 6.45) is 1.28. The summed E-state index contributed by atoms with van der Waals surface area (Å²) in [4.78, 5) is 16.7. The Morgan fingerprint density at radius 2 is 2.12 bits per heavy atom. The fraction of sp³-hybridized carbons (Fsp3) is 0.462. The van der Waals surface area contributed by atoms with Gasteiger partial charge in [0, 0.05) is 5.92 Å². The number of nitrogens with two attached hydrogens (primary N) is 1. The molecule has 1 aliphatic carbocycles. The third-order valence-corrected chi connectivity index (χ3v) is 9.67. The van der Waals surface area contributed by atoms with E-state index in [2.05, 4.69) is 21.2 Å². The van der Waals surface area contributed by atoms with E-state index in [1.165, 1.54) is 22.6 Å². The second kappa shape index (κ2) is 11.2. The average Bonchev–Trinajstić information content (AvgIpc) is 3.23. The van der Waals surface area contributed by atoms with Crippen molar-refractivity contribution < 1.29 is 33.0 Å². The van der Waals surface area contributed by atoms with Crippen molar-refractivity contribution in [2.24, 2.45) is 5.92 Å². The van der Waals surface area contributed by atoms with Crippen LogP contribution in [-0.4, -0.2) is 68.1 Å². The summed E-state index contributed by atoms with van der Waals surface area (Å²) in [6, 6.07) is 12.8. The lowest BCUT2D eigenvalue weighted by Crippen LogP contribution is -2.42. The van der Waals surface area contributed by atoms with E-state index in [0.717, 1.165) is 0 Å². The minimum absolute atomic E-state index is 0.137. The normalized spacial score (nSPS) is 28.8. The highest BCUT2D eigenvalue weighted by Gasteiger charge is 2.82. The molecule has 7 atom stereocenters. The maximum absolute atomic E-state index is 14.2. The highest BCUT2D eigenvalue weighted by Crippen LogP contribution is 2.66. The van der Waals surface area contributed by atoms with Gasteiger partial charge >= 0.3 is 13.7 Å². The van der Waals surface area contributed by atoms with E-state index in [1.807, 2.05) is 6.26 Å². The summed E-state index contributed by atoms with van der Waals surface area (Å²) in [5, 5.41) is 29.0. The van der Waals surface area contributed by atoms with Crippen LogP contribution in [0.2, 0.25) is 0 Å². The second-order valence-corrected chi connectivity index (χ2v) is 12.4. The first-order chi connectivity index (χ1) is 19.6. The molecule has 1 saturated carbocycles. The number of nitriles is 1. The topological polar surface area (TPSA) is 183 Å². The Morgan fingerprint density at radius 1 is 1.37 bits per heavy atom. The van der Waals surface area contributed by atoms with Gasteiger partial charge in [0.15, 0.2) is 5.82 Å². The van der Waals surface area contributed by atoms with Crippen LogP contribution in [-0.2, 0) is 29.0 Å². The number of hydrogen-bond donors (Lipinski definition) is 3. The Bertz CT molecular complexity index is 1520. The lowest BCUT2D eigenvalue weighted by Gasteiger charge is -2.32. The van der Waals surface area contributed by atoms with Crippen LogP contribution in [0, 0.1) is 17.2 Å². The van der Waals surface area contributed by atoms with Gasteiger partial charge in [0.05, 0.1) is 12.3 Å². The van der Waals surface area contributed by atoms with Crippen molar-refractivity contribution in [1.82, 2.24) is 19.7 Å². The minimum Gasteiger partial charge on any atom is -0.465 e. The molecule has 5 rings (SSSR count). The summed E-state index contributed by atoms with van der Waals surface area (Å²) in [7, 11) is -4.31. The van der Waals surface area contributed by atoms with Gasteiger partial charge in [-0.25, -0.2) is 14.1 Å². The second-order valence-electron chi connectivity index (χ2n) is 9.80. The van der Waals surface area contributed by atoms with Crippen LogP contribution >= 0.6 is 19.5 Å². The van der Waals surface area contributed by atoms with Gasteiger partial charge in [-0.15, -0.1) is 0 Å². The number of carbonyl (C=O) groups is 1. The van der Waals surface area contributed by atoms with E-state index in [0.29, 0.717) is 23.4 Å². The number of hydrogen-bond acceptors (Lipinski definition) is 12. The highest BCUT2D eigenvalue weighted by atomic mass is 32.2. The molecule has 218 valence electrons. The maximum Gasteiger partial charge on any atom is 0.459 e. The molecule has 15 heteroatoms. The zero-order chi connectivity index (χ0) is 29.4. The van der Waals surface area contributed by atoms with Gasteiger partial charge in [0.25, 0.3) is 0 Å². The SMILES string of the molecule is CCOC(=O)[C@H](CCSC)NP(=O)(Oc1ccccc1)OC1[C@H]2O[C@@](C#N)(c3ccc4c(N)ncnn34)[C@@H](C)[C@@]12O. The number of nitrogens with zero attached hydrogens (tertiary/aromatic N) is 4. The third-order valence-electron chi connectivity index (χ3n) is 7.44. The summed E-state index contributed by atoms with van der Waals surface area (Å²) >= 11 is 1.51. The zero-order valence-electron chi connectivity index (χ0n) is 22.7. The predicted molar refractivity (Wildman–Crippen MR) is 150 cm³/mol. The molecule has 13 nitrogen and oxygen atoms in total. The van der Waals surface area contributed by atoms with Crippen LogP contribution < -0.4 is 15.3 Å². The Morgan fingerprint density at radius 3 is 2.76 bits per heavy atom. The number of para-hydroxylation sites is 1. The van der Waals surface area contributed by atoms with Crippen LogP contribution in [0.1, 0.15) is 26.0 Å². The molecule has 0 spiro atoms. The van der Waals surface area contributed by atoms with Crippen molar-refractivity contribution in [1.29, 1.82) is 5.26 Å². The molecular weight excluding hydrogens is 571 g/mol. The Kier molecular flexibility index (Phi) is 8.04. The number of thioether (sulfide) groups is 1. The largest absolute Gasteiger partial charge is 0.465 e. The summed E-state index contributed by atoms with van der Waals surface area (Å²) < 4.78 is 38.8.